The number of ether oxygens (including phenoxy) is 2. The zero-order chi connectivity index (χ0) is 26.3. The first kappa shape index (κ1) is 24.1. The SMILES string of the molecule is COc1ccc([C@@H]2[C@H](C(=O)c3ccc(F)cc3)N3c4ccccc4C=C[C@@H]3[C@]2(C#N)C(N)=O)cc1OC. The van der Waals surface area contributed by atoms with Crippen LogP contribution in [-0.4, -0.2) is 38.0 Å². The zero-order valence-corrected chi connectivity index (χ0v) is 20.2. The number of primary amides is 1. The second-order valence-electron chi connectivity index (χ2n) is 9.02. The second kappa shape index (κ2) is 9.10. The Hall–Kier alpha value is -4.64. The summed E-state index contributed by atoms with van der Waals surface area (Å²) in [6, 6.07) is 18.1. The van der Waals surface area contributed by atoms with E-state index in [1.807, 2.05) is 30.3 Å². The third kappa shape index (κ3) is 3.54. The van der Waals surface area contributed by atoms with Gasteiger partial charge in [-0.1, -0.05) is 36.4 Å². The highest BCUT2D eigenvalue weighted by Gasteiger charge is 2.65. The van der Waals surface area contributed by atoms with Gasteiger partial charge in [-0.05, 0) is 53.6 Å². The lowest BCUT2D eigenvalue weighted by Gasteiger charge is -2.36. The van der Waals surface area contributed by atoms with E-state index in [9.17, 15) is 19.2 Å². The van der Waals surface area contributed by atoms with E-state index in [2.05, 4.69) is 6.07 Å². The number of fused-ring (bicyclic) bond motifs is 3. The number of para-hydroxylation sites is 1. The molecule has 37 heavy (non-hydrogen) atoms. The van der Waals surface area contributed by atoms with Crippen LogP contribution in [0, 0.1) is 22.6 Å². The number of methoxy groups -OCH3 is 2. The molecular weight excluding hydrogens is 473 g/mol. The second-order valence-corrected chi connectivity index (χ2v) is 9.02. The van der Waals surface area contributed by atoms with Crippen molar-refractivity contribution in [2.24, 2.45) is 11.1 Å². The summed E-state index contributed by atoms with van der Waals surface area (Å²) in [7, 11) is 2.98. The largest absolute Gasteiger partial charge is 0.493 e. The van der Waals surface area contributed by atoms with Gasteiger partial charge in [0.25, 0.3) is 0 Å². The van der Waals surface area contributed by atoms with Gasteiger partial charge in [0, 0.05) is 17.2 Å². The molecule has 0 aromatic heterocycles. The van der Waals surface area contributed by atoms with Crippen LogP contribution in [0.15, 0.2) is 72.8 Å². The van der Waals surface area contributed by atoms with E-state index in [0.29, 0.717) is 22.7 Å². The third-order valence-corrected chi connectivity index (χ3v) is 7.30. The predicted octanol–water partition coefficient (Wildman–Crippen LogP) is 4.09. The summed E-state index contributed by atoms with van der Waals surface area (Å²) in [6.45, 7) is 0. The van der Waals surface area contributed by atoms with Crippen molar-refractivity contribution in [1.82, 2.24) is 0 Å². The molecule has 186 valence electrons. The summed E-state index contributed by atoms with van der Waals surface area (Å²) in [5, 5.41) is 10.6. The highest BCUT2D eigenvalue weighted by Crippen LogP contribution is 2.56. The number of hydrogen-bond donors (Lipinski definition) is 1. The molecule has 4 atom stereocenters. The molecule has 2 aliphatic rings. The molecule has 0 bridgehead atoms. The standard InChI is InChI=1S/C29H24FN3O4/c1-36-22-13-9-19(15-23(22)37-2)25-26(27(34)18-7-11-20(30)12-8-18)33-21-6-4-3-5-17(21)10-14-24(33)29(25,16-31)28(32)35/h3-15,24-26H,1-2H3,(H2,32,35)/t24-,25-,26-,29+/m1/s1. The number of nitriles is 1. The van der Waals surface area contributed by atoms with E-state index in [1.54, 1.807) is 29.2 Å². The van der Waals surface area contributed by atoms with Gasteiger partial charge in [0.2, 0.25) is 5.91 Å². The lowest BCUT2D eigenvalue weighted by atomic mass is 9.67. The maximum atomic E-state index is 14.2. The van der Waals surface area contributed by atoms with E-state index in [4.69, 9.17) is 15.2 Å². The normalized spacial score (nSPS) is 23.5. The van der Waals surface area contributed by atoms with Crippen molar-refractivity contribution in [2.45, 2.75) is 18.0 Å². The lowest BCUT2D eigenvalue weighted by Crippen LogP contribution is -2.49. The molecule has 2 heterocycles. The van der Waals surface area contributed by atoms with Crippen LogP contribution in [0.3, 0.4) is 0 Å². The monoisotopic (exact) mass is 497 g/mol. The van der Waals surface area contributed by atoms with Crippen LogP contribution in [0.5, 0.6) is 11.5 Å². The lowest BCUT2D eigenvalue weighted by molar-refractivity contribution is -0.125. The number of anilines is 1. The summed E-state index contributed by atoms with van der Waals surface area (Å²) in [6.07, 6.45) is 3.59. The van der Waals surface area contributed by atoms with Crippen LogP contribution in [0.25, 0.3) is 6.08 Å². The Morgan fingerprint density at radius 2 is 1.73 bits per heavy atom. The van der Waals surface area contributed by atoms with Gasteiger partial charge >= 0.3 is 0 Å². The van der Waals surface area contributed by atoms with E-state index in [1.165, 1.54) is 38.5 Å². The van der Waals surface area contributed by atoms with Crippen molar-refractivity contribution in [3.05, 3.63) is 95.3 Å². The van der Waals surface area contributed by atoms with Crippen molar-refractivity contribution in [2.75, 3.05) is 19.1 Å². The van der Waals surface area contributed by atoms with E-state index in [-0.39, 0.29) is 11.3 Å². The maximum Gasteiger partial charge on any atom is 0.241 e. The molecule has 0 radical (unpaired) electrons. The van der Waals surface area contributed by atoms with Gasteiger partial charge in [0.05, 0.1) is 26.3 Å². The number of ketones is 1. The number of benzene rings is 3. The van der Waals surface area contributed by atoms with Gasteiger partial charge in [0.1, 0.15) is 11.9 Å². The minimum absolute atomic E-state index is 0.251. The summed E-state index contributed by atoms with van der Waals surface area (Å²) in [5.41, 5.74) is 6.50. The van der Waals surface area contributed by atoms with Gasteiger partial charge < -0.3 is 20.1 Å². The van der Waals surface area contributed by atoms with Crippen LogP contribution in [0.2, 0.25) is 0 Å². The van der Waals surface area contributed by atoms with Crippen LogP contribution >= 0.6 is 0 Å². The van der Waals surface area contributed by atoms with Crippen LogP contribution < -0.4 is 20.1 Å². The molecule has 1 saturated heterocycles. The molecule has 0 unspecified atom stereocenters. The van der Waals surface area contributed by atoms with Gasteiger partial charge in [0.15, 0.2) is 22.7 Å². The first-order valence-electron chi connectivity index (χ1n) is 11.7. The summed E-state index contributed by atoms with van der Waals surface area (Å²) < 4.78 is 24.6. The van der Waals surface area contributed by atoms with Gasteiger partial charge in [-0.2, -0.15) is 5.26 Å². The van der Waals surface area contributed by atoms with Crippen LogP contribution in [0.4, 0.5) is 10.1 Å². The number of carbonyl (C=O) groups is 2. The highest BCUT2D eigenvalue weighted by molar-refractivity contribution is 6.06. The van der Waals surface area contributed by atoms with E-state index >= 15 is 0 Å². The molecule has 0 aliphatic carbocycles. The Kier molecular flexibility index (Phi) is 5.92. The molecule has 0 spiro atoms. The number of nitrogens with two attached hydrogens (primary N) is 1. The number of nitrogens with zero attached hydrogens (tertiary/aromatic N) is 2. The van der Waals surface area contributed by atoms with Crippen molar-refractivity contribution in [3.63, 3.8) is 0 Å². The quantitative estimate of drug-likeness (QED) is 0.515. The summed E-state index contributed by atoms with van der Waals surface area (Å²) in [5.74, 6) is -1.84. The Balaban J connectivity index is 1.81. The fraction of sp³-hybridized carbons (Fsp3) is 0.207. The fourth-order valence-corrected chi connectivity index (χ4v) is 5.63. The van der Waals surface area contributed by atoms with Crippen LogP contribution in [-0.2, 0) is 4.79 Å². The molecule has 1 fully saturated rings. The molecule has 1 amide bonds. The van der Waals surface area contributed by atoms with Crippen molar-refractivity contribution in [1.29, 1.82) is 5.26 Å². The topological polar surface area (TPSA) is 106 Å². The van der Waals surface area contributed by atoms with Gasteiger partial charge in [-0.3, -0.25) is 9.59 Å². The molecule has 7 nitrogen and oxygen atoms in total. The molecule has 8 heteroatoms. The average molecular weight is 498 g/mol. The van der Waals surface area contributed by atoms with Crippen LogP contribution in [0.1, 0.15) is 27.4 Å². The zero-order valence-electron chi connectivity index (χ0n) is 20.2. The maximum absolute atomic E-state index is 14.2. The number of halogens is 1. The molecule has 0 saturated carbocycles. The van der Waals surface area contributed by atoms with E-state index in [0.717, 1.165) is 5.56 Å². The van der Waals surface area contributed by atoms with Crippen molar-refractivity contribution < 1.29 is 23.5 Å². The van der Waals surface area contributed by atoms with Gasteiger partial charge in [-0.15, -0.1) is 0 Å². The Bertz CT molecular complexity index is 1460. The Morgan fingerprint density at radius 3 is 2.38 bits per heavy atom. The Morgan fingerprint density at radius 1 is 1.03 bits per heavy atom. The minimum Gasteiger partial charge on any atom is -0.493 e. The number of rotatable bonds is 6. The van der Waals surface area contributed by atoms with E-state index < -0.39 is 35.1 Å². The third-order valence-electron chi connectivity index (χ3n) is 7.30. The van der Waals surface area contributed by atoms with Crippen molar-refractivity contribution >= 4 is 23.5 Å². The number of amides is 1. The number of hydrogen-bond acceptors (Lipinski definition) is 6. The number of carbonyl (C=O) groups excluding carboxylic acids is 2. The average Bonchev–Trinajstić information content (AvgIpc) is 3.24. The molecular formula is C29H24FN3O4. The Labute approximate surface area is 213 Å². The first-order chi connectivity index (χ1) is 17.9. The molecule has 3 aromatic carbocycles. The molecule has 2 N–H and O–H groups in total. The van der Waals surface area contributed by atoms with Gasteiger partial charge in [-0.25, -0.2) is 4.39 Å². The predicted molar refractivity (Wildman–Crippen MR) is 136 cm³/mol. The minimum atomic E-state index is -1.80. The molecule has 5 rings (SSSR count). The smallest absolute Gasteiger partial charge is 0.241 e. The molecule has 3 aromatic rings. The highest BCUT2D eigenvalue weighted by atomic mass is 19.1. The summed E-state index contributed by atoms with van der Waals surface area (Å²) >= 11 is 0. The number of Topliss-reactive ketones (excluding diaryl/α,β-unsaturated/α-hetero) is 1. The fourth-order valence-electron chi connectivity index (χ4n) is 5.63. The van der Waals surface area contributed by atoms with Crippen molar-refractivity contribution in [3.8, 4) is 17.6 Å². The molecule has 2 aliphatic heterocycles. The summed E-state index contributed by atoms with van der Waals surface area (Å²) in [4.78, 5) is 29.3. The first-order valence-corrected chi connectivity index (χ1v) is 11.7.